The smallest absolute Gasteiger partial charge is 0.337 e. The molecule has 0 aliphatic carbocycles. The lowest BCUT2D eigenvalue weighted by molar-refractivity contribution is -0.140. The molecule has 0 bridgehead atoms. The van der Waals surface area contributed by atoms with Gasteiger partial charge in [-0.15, -0.1) is 0 Å². The minimum absolute atomic E-state index is 0.0103. The van der Waals surface area contributed by atoms with Crippen LogP contribution in [0.4, 0.5) is 5.69 Å². The molecule has 1 rings (SSSR count). The Morgan fingerprint density at radius 3 is 2.62 bits per heavy atom. The summed E-state index contributed by atoms with van der Waals surface area (Å²) >= 11 is 5.69. The molecule has 0 saturated carbocycles. The highest BCUT2D eigenvalue weighted by atomic mass is 35.5. The summed E-state index contributed by atoms with van der Waals surface area (Å²) in [5.41, 5.74) is -0.110. The van der Waals surface area contributed by atoms with Gasteiger partial charge in [0.1, 0.15) is 0 Å². The first-order valence-electron chi connectivity index (χ1n) is 5.85. The van der Waals surface area contributed by atoms with Crippen LogP contribution in [-0.2, 0) is 19.6 Å². The Labute approximate surface area is 126 Å². The van der Waals surface area contributed by atoms with Gasteiger partial charge in [-0.3, -0.25) is 9.52 Å². The highest BCUT2D eigenvalue weighted by Gasteiger charge is 2.15. The number of carbonyl (C=O) groups excluding carboxylic acids is 1. The zero-order chi connectivity index (χ0) is 16.0. The number of halogens is 1. The number of hydrogen-bond acceptors (Lipinski definition) is 5. The molecule has 2 N–H and O–H groups in total. The number of anilines is 1. The summed E-state index contributed by atoms with van der Waals surface area (Å²) in [5.74, 6) is -2.04. The van der Waals surface area contributed by atoms with E-state index in [1.165, 1.54) is 19.2 Å². The van der Waals surface area contributed by atoms with Crippen molar-refractivity contribution in [1.82, 2.24) is 0 Å². The van der Waals surface area contributed by atoms with Crippen LogP contribution in [0.2, 0.25) is 5.02 Å². The molecule has 0 radical (unpaired) electrons. The Kier molecular flexibility index (Phi) is 5.98. The number of benzene rings is 1. The van der Waals surface area contributed by atoms with E-state index in [1.54, 1.807) is 0 Å². The average Bonchev–Trinajstić information content (AvgIpc) is 2.39. The first kappa shape index (κ1) is 17.3. The van der Waals surface area contributed by atoms with Gasteiger partial charge in [0.2, 0.25) is 10.0 Å². The summed E-state index contributed by atoms with van der Waals surface area (Å²) in [6.45, 7) is 0. The molecule has 7 nitrogen and oxygen atoms in total. The number of carboxylic acid groups (broad SMARTS) is 1. The number of esters is 1. The Balaban J connectivity index is 2.73. The van der Waals surface area contributed by atoms with Gasteiger partial charge in [-0.1, -0.05) is 11.6 Å². The lowest BCUT2D eigenvalue weighted by atomic mass is 10.2. The summed E-state index contributed by atoms with van der Waals surface area (Å²) in [7, 11) is -2.47. The maximum atomic E-state index is 11.8. The van der Waals surface area contributed by atoms with Crippen LogP contribution < -0.4 is 4.72 Å². The first-order valence-corrected chi connectivity index (χ1v) is 7.88. The predicted octanol–water partition coefficient (Wildman–Crippen LogP) is 1.73. The average molecular weight is 336 g/mol. The van der Waals surface area contributed by atoms with Crippen LogP contribution in [0.1, 0.15) is 23.2 Å². The monoisotopic (exact) mass is 335 g/mol. The highest BCUT2D eigenvalue weighted by molar-refractivity contribution is 7.92. The number of rotatable bonds is 7. The largest absolute Gasteiger partial charge is 0.478 e. The van der Waals surface area contributed by atoms with Gasteiger partial charge in [-0.2, -0.15) is 0 Å². The summed E-state index contributed by atoms with van der Waals surface area (Å²) in [4.78, 5) is 21.8. The fourth-order valence-electron chi connectivity index (χ4n) is 1.49. The van der Waals surface area contributed by atoms with Crippen LogP contribution in [0.5, 0.6) is 0 Å². The van der Waals surface area contributed by atoms with Crippen LogP contribution in [0.15, 0.2) is 18.2 Å². The molecule has 0 amide bonds. The van der Waals surface area contributed by atoms with Crippen molar-refractivity contribution in [3.63, 3.8) is 0 Å². The van der Waals surface area contributed by atoms with Crippen molar-refractivity contribution in [3.8, 4) is 0 Å². The molecule has 0 aliphatic rings. The zero-order valence-electron chi connectivity index (χ0n) is 11.1. The van der Waals surface area contributed by atoms with E-state index in [1.807, 2.05) is 0 Å². The molecule has 1 aromatic rings. The number of sulfonamides is 1. The number of hydrogen-bond donors (Lipinski definition) is 2. The Bertz CT molecular complexity index is 643. The molecule has 116 valence electrons. The van der Waals surface area contributed by atoms with Crippen LogP contribution >= 0.6 is 11.6 Å². The van der Waals surface area contributed by atoms with E-state index in [-0.39, 0.29) is 34.9 Å². The molecule has 0 aromatic heterocycles. The normalized spacial score (nSPS) is 11.0. The Morgan fingerprint density at radius 2 is 2.05 bits per heavy atom. The van der Waals surface area contributed by atoms with Crippen LogP contribution in [0.3, 0.4) is 0 Å². The Hall–Kier alpha value is -1.80. The van der Waals surface area contributed by atoms with Crippen molar-refractivity contribution >= 4 is 39.3 Å². The second kappa shape index (κ2) is 7.28. The summed E-state index contributed by atoms with van der Waals surface area (Å²) in [6, 6.07) is 3.77. The van der Waals surface area contributed by atoms with Gasteiger partial charge >= 0.3 is 11.9 Å². The van der Waals surface area contributed by atoms with E-state index in [0.29, 0.717) is 0 Å². The van der Waals surface area contributed by atoms with Crippen molar-refractivity contribution < 1.29 is 27.9 Å². The standard InChI is InChI=1S/C12H14ClNO6S/c1-20-11(15)3-2-6-21(18,19)14-8-4-5-10(13)9(7-8)12(16)17/h4-5,7,14H,2-3,6H2,1H3,(H,16,17). The van der Waals surface area contributed by atoms with Crippen molar-refractivity contribution in [1.29, 1.82) is 0 Å². The summed E-state index contributed by atoms with van der Waals surface area (Å²) in [5, 5.41) is 8.92. The Morgan fingerprint density at radius 1 is 1.38 bits per heavy atom. The summed E-state index contributed by atoms with van der Waals surface area (Å²) in [6.07, 6.45) is 0.0831. The molecule has 0 atom stereocenters. The highest BCUT2D eigenvalue weighted by Crippen LogP contribution is 2.21. The minimum Gasteiger partial charge on any atom is -0.478 e. The number of methoxy groups -OCH3 is 1. The van der Waals surface area contributed by atoms with Crippen LogP contribution in [0, 0.1) is 0 Å². The maximum absolute atomic E-state index is 11.8. The van der Waals surface area contributed by atoms with Crippen LogP contribution in [-0.4, -0.2) is 38.3 Å². The number of carbonyl (C=O) groups is 2. The third-order valence-electron chi connectivity index (χ3n) is 2.49. The third kappa shape index (κ3) is 5.60. The molecule has 0 spiro atoms. The summed E-state index contributed by atoms with van der Waals surface area (Å²) < 4.78 is 30.2. The number of aromatic carboxylic acids is 1. The topological polar surface area (TPSA) is 110 Å². The quantitative estimate of drug-likeness (QED) is 0.734. The van der Waals surface area contributed by atoms with E-state index < -0.39 is 22.0 Å². The minimum atomic E-state index is -3.69. The predicted molar refractivity (Wildman–Crippen MR) is 77.1 cm³/mol. The second-order valence-corrected chi connectivity index (χ2v) is 6.35. The van der Waals surface area contributed by atoms with E-state index in [2.05, 4.69) is 9.46 Å². The molecular formula is C12H14ClNO6S. The number of ether oxygens (including phenoxy) is 1. The van der Waals surface area contributed by atoms with Gasteiger partial charge in [0.15, 0.2) is 0 Å². The molecule has 0 heterocycles. The molecule has 0 fully saturated rings. The number of nitrogens with one attached hydrogen (secondary N) is 1. The maximum Gasteiger partial charge on any atom is 0.337 e. The molecule has 0 unspecified atom stereocenters. The van der Waals surface area contributed by atoms with E-state index in [4.69, 9.17) is 16.7 Å². The van der Waals surface area contributed by atoms with Crippen LogP contribution in [0.25, 0.3) is 0 Å². The third-order valence-corrected chi connectivity index (χ3v) is 4.19. The van der Waals surface area contributed by atoms with E-state index >= 15 is 0 Å². The lowest BCUT2D eigenvalue weighted by Crippen LogP contribution is -2.18. The molecule has 21 heavy (non-hydrogen) atoms. The van der Waals surface area contributed by atoms with Gasteiger partial charge in [-0.05, 0) is 24.6 Å². The van der Waals surface area contributed by atoms with E-state index in [0.717, 1.165) is 6.07 Å². The van der Waals surface area contributed by atoms with Gasteiger partial charge in [0.05, 0.1) is 23.4 Å². The zero-order valence-corrected chi connectivity index (χ0v) is 12.7. The molecule has 0 aliphatic heterocycles. The fraction of sp³-hybridized carbons (Fsp3) is 0.333. The van der Waals surface area contributed by atoms with E-state index in [9.17, 15) is 18.0 Å². The van der Waals surface area contributed by atoms with Gasteiger partial charge in [0, 0.05) is 12.1 Å². The second-order valence-electron chi connectivity index (χ2n) is 4.10. The molecule has 9 heteroatoms. The van der Waals surface area contributed by atoms with Crippen molar-refractivity contribution in [2.24, 2.45) is 0 Å². The van der Waals surface area contributed by atoms with Gasteiger partial charge < -0.3 is 9.84 Å². The van der Waals surface area contributed by atoms with Gasteiger partial charge in [0.25, 0.3) is 0 Å². The number of carboxylic acids is 1. The molecular weight excluding hydrogens is 322 g/mol. The lowest BCUT2D eigenvalue weighted by Gasteiger charge is -2.09. The van der Waals surface area contributed by atoms with Crippen molar-refractivity contribution in [2.75, 3.05) is 17.6 Å². The van der Waals surface area contributed by atoms with Crippen molar-refractivity contribution in [3.05, 3.63) is 28.8 Å². The van der Waals surface area contributed by atoms with Gasteiger partial charge in [-0.25, -0.2) is 13.2 Å². The first-order chi connectivity index (χ1) is 9.75. The molecule has 0 saturated heterocycles. The fourth-order valence-corrected chi connectivity index (χ4v) is 2.80. The molecule has 1 aromatic carbocycles. The SMILES string of the molecule is COC(=O)CCCS(=O)(=O)Nc1ccc(Cl)c(C(=O)O)c1. The van der Waals surface area contributed by atoms with Crippen molar-refractivity contribution in [2.45, 2.75) is 12.8 Å².